The van der Waals surface area contributed by atoms with E-state index < -0.39 is 30.1 Å². The number of likely N-dealkylation sites (tertiary alicyclic amines) is 1. The first-order valence-electron chi connectivity index (χ1n) is 13.5. The molecule has 3 heterocycles. The second-order valence-corrected chi connectivity index (χ2v) is 11.3. The summed E-state index contributed by atoms with van der Waals surface area (Å²) in [4.78, 5) is 21.0. The summed E-state index contributed by atoms with van der Waals surface area (Å²) in [5.41, 5.74) is 1.61. The second-order valence-electron chi connectivity index (χ2n) is 11.3. The first-order chi connectivity index (χ1) is 18.2. The fourth-order valence-corrected chi connectivity index (χ4v) is 5.83. The molecule has 1 saturated carbocycles. The molecule has 4 atom stereocenters. The van der Waals surface area contributed by atoms with Crippen molar-refractivity contribution in [3.8, 4) is 11.5 Å². The Balaban J connectivity index is 1.28. The third-order valence-corrected chi connectivity index (χ3v) is 8.86. The molecule has 38 heavy (non-hydrogen) atoms. The third-order valence-electron chi connectivity index (χ3n) is 8.86. The molecular weight excluding hydrogens is 486 g/mol. The van der Waals surface area contributed by atoms with Gasteiger partial charge < -0.3 is 34.6 Å². The zero-order valence-electron chi connectivity index (χ0n) is 22.4. The fraction of sp³-hybridized carbons (Fsp3) is 0.586. The molecule has 2 saturated heterocycles. The van der Waals surface area contributed by atoms with Crippen LogP contribution in [0.25, 0.3) is 0 Å². The van der Waals surface area contributed by atoms with Gasteiger partial charge in [-0.05, 0) is 55.0 Å². The summed E-state index contributed by atoms with van der Waals surface area (Å²) in [5, 5.41) is 29.8. The molecule has 0 unspecified atom stereocenters. The van der Waals surface area contributed by atoms with E-state index in [1.165, 1.54) is 29.7 Å². The van der Waals surface area contributed by atoms with Crippen LogP contribution in [-0.4, -0.2) is 89.3 Å². The zero-order chi connectivity index (χ0) is 27.0. The van der Waals surface area contributed by atoms with Crippen LogP contribution in [0, 0.1) is 5.41 Å². The lowest BCUT2D eigenvalue weighted by Gasteiger charge is -2.40. The summed E-state index contributed by atoms with van der Waals surface area (Å²) in [6, 6.07) is 10.0. The lowest BCUT2D eigenvalue weighted by atomic mass is 9.72. The predicted molar refractivity (Wildman–Crippen MR) is 143 cm³/mol. The molecule has 1 aromatic heterocycles. The van der Waals surface area contributed by atoms with Crippen molar-refractivity contribution in [2.24, 2.45) is 5.41 Å². The number of amides is 1. The molecule has 3 aliphatic rings. The van der Waals surface area contributed by atoms with Crippen LogP contribution in [-0.2, 0) is 4.79 Å². The largest absolute Gasteiger partial charge is 0.493 e. The molecule has 3 fully saturated rings. The number of benzene rings is 1. The van der Waals surface area contributed by atoms with Gasteiger partial charge in [-0.2, -0.15) is 0 Å². The van der Waals surface area contributed by atoms with Crippen LogP contribution in [0.1, 0.15) is 56.1 Å². The van der Waals surface area contributed by atoms with E-state index in [0.29, 0.717) is 24.0 Å². The number of carbonyl (C=O) groups is 1. The summed E-state index contributed by atoms with van der Waals surface area (Å²) in [7, 11) is 1.61. The molecule has 1 aromatic carbocycles. The van der Waals surface area contributed by atoms with Gasteiger partial charge in [0.25, 0.3) is 5.91 Å². The van der Waals surface area contributed by atoms with Crippen LogP contribution < -0.4 is 14.4 Å². The Kier molecular flexibility index (Phi) is 7.53. The highest BCUT2D eigenvalue weighted by molar-refractivity contribution is 5.81. The molecule has 9 heteroatoms. The number of aromatic nitrogens is 1. The molecule has 1 aliphatic carbocycles. The summed E-state index contributed by atoms with van der Waals surface area (Å²) in [6.07, 6.45) is 3.66. The average molecular weight is 526 g/mol. The van der Waals surface area contributed by atoms with Gasteiger partial charge in [-0.1, -0.05) is 25.5 Å². The van der Waals surface area contributed by atoms with E-state index in [1.54, 1.807) is 14.0 Å². The number of ether oxygens (including phenoxy) is 2. The molecule has 2 aromatic rings. The van der Waals surface area contributed by atoms with Crippen molar-refractivity contribution in [1.29, 1.82) is 0 Å². The number of pyridine rings is 1. The van der Waals surface area contributed by atoms with Crippen molar-refractivity contribution in [3.05, 3.63) is 47.7 Å². The maximum Gasteiger partial charge on any atom is 0.253 e. The quantitative estimate of drug-likeness (QED) is 0.457. The van der Waals surface area contributed by atoms with Crippen LogP contribution in [0.2, 0.25) is 0 Å². The molecule has 206 valence electrons. The Morgan fingerprint density at radius 1 is 1.13 bits per heavy atom. The smallest absolute Gasteiger partial charge is 0.253 e. The van der Waals surface area contributed by atoms with Crippen molar-refractivity contribution in [2.75, 3.05) is 44.8 Å². The minimum Gasteiger partial charge on any atom is -0.493 e. The Bertz CT molecular complexity index is 1130. The molecule has 0 bridgehead atoms. The van der Waals surface area contributed by atoms with Gasteiger partial charge in [-0.15, -0.1) is 0 Å². The van der Waals surface area contributed by atoms with E-state index in [0.717, 1.165) is 24.5 Å². The number of hydrogen-bond donors (Lipinski definition) is 3. The number of carbonyl (C=O) groups excluding carboxylic acids is 1. The maximum absolute atomic E-state index is 12.6. The van der Waals surface area contributed by atoms with Gasteiger partial charge in [0.1, 0.15) is 11.9 Å². The number of hydrogen-bond acceptors (Lipinski definition) is 8. The van der Waals surface area contributed by atoms with Gasteiger partial charge in [-0.25, -0.2) is 4.98 Å². The molecule has 0 radical (unpaired) electrons. The van der Waals surface area contributed by atoms with Crippen molar-refractivity contribution >= 4 is 11.7 Å². The lowest BCUT2D eigenvalue weighted by molar-refractivity contribution is -0.141. The highest BCUT2D eigenvalue weighted by Crippen LogP contribution is 2.47. The van der Waals surface area contributed by atoms with Crippen molar-refractivity contribution in [1.82, 2.24) is 9.88 Å². The molecule has 3 N–H and O–H groups in total. The van der Waals surface area contributed by atoms with Crippen molar-refractivity contribution in [2.45, 2.75) is 63.3 Å². The van der Waals surface area contributed by atoms with E-state index in [1.807, 2.05) is 31.3 Å². The van der Waals surface area contributed by atoms with Gasteiger partial charge in [0.2, 0.25) is 0 Å². The second kappa shape index (κ2) is 10.7. The maximum atomic E-state index is 12.6. The minimum absolute atomic E-state index is 0.0169. The molecular formula is C29H39N3O6. The summed E-state index contributed by atoms with van der Waals surface area (Å²) >= 11 is 0. The van der Waals surface area contributed by atoms with Gasteiger partial charge >= 0.3 is 0 Å². The number of nitrogens with zero attached hydrogens (tertiary/aromatic N) is 3. The summed E-state index contributed by atoms with van der Waals surface area (Å²) in [5.74, 6) is 2.15. The first kappa shape index (κ1) is 26.7. The van der Waals surface area contributed by atoms with Crippen LogP contribution in [0.4, 0.5) is 5.82 Å². The van der Waals surface area contributed by atoms with Crippen LogP contribution in [0.5, 0.6) is 11.5 Å². The monoisotopic (exact) mass is 525 g/mol. The lowest BCUT2D eigenvalue weighted by Crippen LogP contribution is -2.54. The Morgan fingerprint density at radius 2 is 1.87 bits per heavy atom. The van der Waals surface area contributed by atoms with E-state index in [9.17, 15) is 20.1 Å². The zero-order valence-corrected chi connectivity index (χ0v) is 22.4. The number of methoxy groups -OCH3 is 1. The summed E-state index contributed by atoms with van der Waals surface area (Å²) < 4.78 is 11.9. The standard InChI is InChI=1S/C29H39N3O6/c1-18(34)29(2)17-32(28(36)24(35)16-33)15-23(29)20-7-9-25(37-3)26(11-20)38-22-13-31(14-22)27-10-8-21(12-30-27)19-5-4-6-19/h7-12,18-19,22-24,33-35H,4-6,13-17H2,1-3H3/t18-,23+,24+,29+/m1/s1. The van der Waals surface area contributed by atoms with Crippen LogP contribution >= 0.6 is 0 Å². The van der Waals surface area contributed by atoms with Crippen molar-refractivity contribution in [3.63, 3.8) is 0 Å². The van der Waals surface area contributed by atoms with Gasteiger partial charge in [0.05, 0.1) is 32.9 Å². The molecule has 1 amide bonds. The Morgan fingerprint density at radius 3 is 2.45 bits per heavy atom. The number of aliphatic hydroxyl groups is 3. The highest BCUT2D eigenvalue weighted by Gasteiger charge is 2.49. The van der Waals surface area contributed by atoms with E-state index in [2.05, 4.69) is 22.0 Å². The third kappa shape index (κ3) is 4.95. The summed E-state index contributed by atoms with van der Waals surface area (Å²) in [6.45, 7) is 5.07. The molecule has 9 nitrogen and oxygen atoms in total. The Labute approximate surface area is 224 Å². The first-order valence-corrected chi connectivity index (χ1v) is 13.5. The molecule has 0 spiro atoms. The number of aliphatic hydroxyl groups excluding tert-OH is 3. The van der Waals surface area contributed by atoms with E-state index in [-0.39, 0.29) is 18.6 Å². The Hall–Kier alpha value is -2.88. The fourth-order valence-electron chi connectivity index (χ4n) is 5.83. The average Bonchev–Trinajstić information content (AvgIpc) is 3.23. The number of anilines is 1. The van der Waals surface area contributed by atoms with Gasteiger partial charge in [0, 0.05) is 30.6 Å². The normalized spacial score (nSPS) is 25.5. The topological polar surface area (TPSA) is 116 Å². The molecule has 5 rings (SSSR count). The van der Waals surface area contributed by atoms with Gasteiger partial charge in [-0.3, -0.25) is 4.79 Å². The highest BCUT2D eigenvalue weighted by atomic mass is 16.5. The van der Waals surface area contributed by atoms with Crippen LogP contribution in [0.3, 0.4) is 0 Å². The number of rotatable bonds is 9. The van der Waals surface area contributed by atoms with E-state index >= 15 is 0 Å². The van der Waals surface area contributed by atoms with Gasteiger partial charge in [0.15, 0.2) is 17.6 Å². The minimum atomic E-state index is -1.47. The SMILES string of the molecule is COc1ccc([C@@H]2CN(C(=O)[C@@H](O)CO)C[C@@]2(C)[C@@H](C)O)cc1OC1CN(c2ccc(C3CCC3)cn2)C1. The van der Waals surface area contributed by atoms with Crippen LogP contribution in [0.15, 0.2) is 36.5 Å². The van der Waals surface area contributed by atoms with Crippen molar-refractivity contribution < 1.29 is 29.6 Å². The van der Waals surface area contributed by atoms with E-state index in [4.69, 9.17) is 9.47 Å². The predicted octanol–water partition coefficient (Wildman–Crippen LogP) is 2.29. The molecule has 2 aliphatic heterocycles.